The Balaban J connectivity index is 2.17. The van der Waals surface area contributed by atoms with Crippen LogP contribution in [0.25, 0.3) is 0 Å². The second-order valence-electron chi connectivity index (χ2n) is 4.09. The van der Waals surface area contributed by atoms with E-state index in [1.54, 1.807) is 30.3 Å². The number of rotatable bonds is 5. The van der Waals surface area contributed by atoms with Crippen molar-refractivity contribution in [2.75, 3.05) is 12.0 Å². The smallest absolute Gasteiger partial charge is 0.165 e. The van der Waals surface area contributed by atoms with Crippen LogP contribution in [0.5, 0.6) is 11.5 Å². The molecule has 0 bridgehead atoms. The van der Waals surface area contributed by atoms with E-state index in [1.165, 1.54) is 6.07 Å². The molecule has 0 aliphatic heterocycles. The van der Waals surface area contributed by atoms with E-state index in [9.17, 15) is 9.67 Å². The molecule has 1 N–H and O–H groups in total. The van der Waals surface area contributed by atoms with E-state index < -0.39 is 7.14 Å². The molecule has 0 saturated carbocycles. The molecule has 0 aliphatic carbocycles. The summed E-state index contributed by atoms with van der Waals surface area (Å²) in [6.45, 7) is 0. The summed E-state index contributed by atoms with van der Waals surface area (Å²) >= 11 is 5.84. The Morgan fingerprint density at radius 2 is 1.68 bits per heavy atom. The van der Waals surface area contributed by atoms with Crippen molar-refractivity contribution in [2.24, 2.45) is 0 Å². The monoisotopic (exact) mass is 296 g/mol. The van der Waals surface area contributed by atoms with Crippen molar-refractivity contribution < 1.29 is 14.4 Å². The second-order valence-corrected chi connectivity index (χ2v) is 7.59. The standard InChI is InChI=1S/C14H14ClO3P/c15-10-19(17,12-6-2-1-3-7-12)11-18-14-9-5-4-8-13(14)16/h1-9,16H,10-11H2/t19-/m0/s1. The van der Waals surface area contributed by atoms with E-state index in [0.29, 0.717) is 11.1 Å². The quantitative estimate of drug-likeness (QED) is 0.677. The average Bonchev–Trinajstić information content (AvgIpc) is 2.47. The predicted molar refractivity (Wildman–Crippen MR) is 78.0 cm³/mol. The average molecular weight is 297 g/mol. The highest BCUT2D eigenvalue weighted by atomic mass is 35.5. The Bertz CT molecular complexity index is 586. The summed E-state index contributed by atoms with van der Waals surface area (Å²) in [4.78, 5) is 0. The first kappa shape index (κ1) is 14.0. The zero-order valence-corrected chi connectivity index (χ0v) is 11.8. The molecular weight excluding hydrogens is 283 g/mol. The number of phenolic OH excluding ortho intramolecular Hbond substituents is 1. The first-order valence-electron chi connectivity index (χ1n) is 5.76. The minimum atomic E-state index is -2.81. The highest BCUT2D eigenvalue weighted by Crippen LogP contribution is 2.45. The SMILES string of the molecule is O=[P@@](CCl)(COc1ccccc1O)c1ccccc1. The summed E-state index contributed by atoms with van der Waals surface area (Å²) < 4.78 is 18.2. The van der Waals surface area contributed by atoms with Gasteiger partial charge in [0.1, 0.15) is 6.35 Å². The molecule has 0 unspecified atom stereocenters. The Morgan fingerprint density at radius 3 is 2.32 bits per heavy atom. The fraction of sp³-hybridized carbons (Fsp3) is 0.143. The van der Waals surface area contributed by atoms with E-state index in [-0.39, 0.29) is 17.7 Å². The lowest BCUT2D eigenvalue weighted by Gasteiger charge is -2.17. The van der Waals surface area contributed by atoms with Gasteiger partial charge in [0.25, 0.3) is 0 Å². The van der Waals surface area contributed by atoms with Gasteiger partial charge in [-0.1, -0.05) is 42.5 Å². The third kappa shape index (κ3) is 3.31. The van der Waals surface area contributed by atoms with Gasteiger partial charge >= 0.3 is 0 Å². The van der Waals surface area contributed by atoms with Crippen molar-refractivity contribution >= 4 is 24.0 Å². The summed E-state index contributed by atoms with van der Waals surface area (Å²) in [5.41, 5.74) is 0.00457. The maximum absolute atomic E-state index is 12.7. The van der Waals surface area contributed by atoms with Crippen LogP contribution >= 0.6 is 18.7 Å². The van der Waals surface area contributed by atoms with Crippen LogP contribution in [0.1, 0.15) is 0 Å². The van der Waals surface area contributed by atoms with Crippen molar-refractivity contribution in [1.82, 2.24) is 0 Å². The normalized spacial score (nSPS) is 13.7. The topological polar surface area (TPSA) is 46.5 Å². The maximum atomic E-state index is 12.7. The molecule has 19 heavy (non-hydrogen) atoms. The van der Waals surface area contributed by atoms with Crippen molar-refractivity contribution in [2.45, 2.75) is 0 Å². The number of aromatic hydroxyl groups is 1. The molecule has 0 heterocycles. The van der Waals surface area contributed by atoms with E-state index in [4.69, 9.17) is 16.3 Å². The molecule has 0 aliphatic rings. The molecule has 0 spiro atoms. The van der Waals surface area contributed by atoms with E-state index in [2.05, 4.69) is 0 Å². The lowest BCUT2D eigenvalue weighted by atomic mass is 10.3. The Hall–Kier alpha value is -1.44. The number of para-hydroxylation sites is 2. The van der Waals surface area contributed by atoms with Crippen LogP contribution < -0.4 is 10.0 Å². The minimum Gasteiger partial charge on any atom is -0.504 e. The van der Waals surface area contributed by atoms with Gasteiger partial charge in [-0.3, -0.25) is 0 Å². The molecule has 0 amide bonds. The van der Waals surface area contributed by atoms with Crippen LogP contribution in [0.3, 0.4) is 0 Å². The Kier molecular flexibility index (Phi) is 4.52. The van der Waals surface area contributed by atoms with Gasteiger partial charge in [-0.05, 0) is 12.1 Å². The predicted octanol–water partition coefficient (Wildman–Crippen LogP) is 3.61. The van der Waals surface area contributed by atoms with Crippen molar-refractivity contribution in [3.8, 4) is 11.5 Å². The summed E-state index contributed by atoms with van der Waals surface area (Å²) in [7, 11) is -2.81. The summed E-state index contributed by atoms with van der Waals surface area (Å²) in [6.07, 6.45) is -0.0297. The highest BCUT2D eigenvalue weighted by Gasteiger charge is 2.24. The molecular formula is C14H14ClO3P. The number of halogens is 1. The van der Waals surface area contributed by atoms with E-state index >= 15 is 0 Å². The third-order valence-electron chi connectivity index (χ3n) is 2.71. The highest BCUT2D eigenvalue weighted by molar-refractivity contribution is 7.72. The molecule has 0 fully saturated rings. The second kappa shape index (κ2) is 6.14. The van der Waals surface area contributed by atoms with Gasteiger partial charge in [0.15, 0.2) is 18.6 Å². The molecule has 0 radical (unpaired) electrons. The molecule has 5 heteroatoms. The van der Waals surface area contributed by atoms with Crippen LogP contribution in [-0.2, 0) is 4.57 Å². The van der Waals surface area contributed by atoms with Crippen LogP contribution in [0.2, 0.25) is 0 Å². The van der Waals surface area contributed by atoms with Crippen LogP contribution in [0.15, 0.2) is 54.6 Å². The molecule has 1 atom stereocenters. The summed E-state index contributed by atoms with van der Waals surface area (Å²) in [5.74, 6) is 0.334. The molecule has 100 valence electrons. The van der Waals surface area contributed by atoms with Gasteiger partial charge in [0.2, 0.25) is 0 Å². The zero-order valence-electron chi connectivity index (χ0n) is 10.2. The first-order valence-corrected chi connectivity index (χ1v) is 8.37. The number of hydrogen-bond acceptors (Lipinski definition) is 3. The van der Waals surface area contributed by atoms with Gasteiger partial charge in [-0.2, -0.15) is 0 Å². The molecule has 3 nitrogen and oxygen atoms in total. The van der Waals surface area contributed by atoms with Crippen LogP contribution in [-0.4, -0.2) is 17.1 Å². The third-order valence-corrected chi connectivity index (χ3v) is 6.04. The number of ether oxygens (including phenoxy) is 1. The number of phenols is 1. The van der Waals surface area contributed by atoms with Crippen LogP contribution in [0, 0.1) is 0 Å². The van der Waals surface area contributed by atoms with Gasteiger partial charge in [0.05, 0.1) is 5.62 Å². The largest absolute Gasteiger partial charge is 0.504 e. The molecule has 2 rings (SSSR count). The summed E-state index contributed by atoms with van der Waals surface area (Å²) in [5, 5.41) is 10.3. The molecule has 2 aromatic rings. The lowest BCUT2D eigenvalue weighted by Crippen LogP contribution is -2.12. The Morgan fingerprint density at radius 1 is 1.05 bits per heavy atom. The fourth-order valence-electron chi connectivity index (χ4n) is 1.63. The summed E-state index contributed by atoms with van der Waals surface area (Å²) in [6, 6.07) is 15.6. The van der Waals surface area contributed by atoms with E-state index in [0.717, 1.165) is 0 Å². The van der Waals surface area contributed by atoms with Gasteiger partial charge in [0, 0.05) is 5.30 Å². The van der Waals surface area contributed by atoms with E-state index in [1.807, 2.05) is 18.2 Å². The Labute approximate surface area is 117 Å². The molecule has 0 aromatic heterocycles. The first-order chi connectivity index (χ1) is 9.15. The van der Waals surface area contributed by atoms with Gasteiger partial charge in [-0.25, -0.2) is 0 Å². The number of hydrogen-bond donors (Lipinski definition) is 1. The lowest BCUT2D eigenvalue weighted by molar-refractivity contribution is 0.349. The van der Waals surface area contributed by atoms with Gasteiger partial charge in [-0.15, -0.1) is 11.6 Å². The number of benzene rings is 2. The van der Waals surface area contributed by atoms with Crippen molar-refractivity contribution in [1.29, 1.82) is 0 Å². The minimum absolute atomic E-state index is 0.00457. The van der Waals surface area contributed by atoms with Crippen LogP contribution in [0.4, 0.5) is 0 Å². The van der Waals surface area contributed by atoms with Crippen molar-refractivity contribution in [3.05, 3.63) is 54.6 Å². The fourth-order valence-corrected chi connectivity index (χ4v) is 3.67. The number of alkyl halides is 1. The maximum Gasteiger partial charge on any atom is 0.165 e. The van der Waals surface area contributed by atoms with Crippen molar-refractivity contribution in [3.63, 3.8) is 0 Å². The molecule has 2 aromatic carbocycles. The zero-order chi connectivity index (χ0) is 13.7. The molecule has 0 saturated heterocycles. The van der Waals surface area contributed by atoms with Gasteiger partial charge < -0.3 is 14.4 Å².